The summed E-state index contributed by atoms with van der Waals surface area (Å²) in [5.41, 5.74) is 4.92. The van der Waals surface area contributed by atoms with Gasteiger partial charge in [0.25, 0.3) is 0 Å². The smallest absolute Gasteiger partial charge is 0.0749 e. The molecule has 0 spiro atoms. The van der Waals surface area contributed by atoms with Crippen LogP contribution in [0.15, 0.2) is 12.1 Å². The van der Waals surface area contributed by atoms with Crippen molar-refractivity contribution in [3.05, 3.63) is 28.8 Å². The molecule has 1 heterocycles. The Bertz CT molecular complexity index is 402. The van der Waals surface area contributed by atoms with Crippen LogP contribution in [0.4, 0.5) is 5.69 Å². The summed E-state index contributed by atoms with van der Waals surface area (Å²) in [6.45, 7) is 5.13. The van der Waals surface area contributed by atoms with Gasteiger partial charge in [-0.3, -0.25) is 0 Å². The lowest BCUT2D eigenvalue weighted by Crippen LogP contribution is -2.17. The third-order valence-corrected chi connectivity index (χ3v) is 3.03. The molecule has 1 atom stereocenters. The summed E-state index contributed by atoms with van der Waals surface area (Å²) in [7, 11) is 0. The summed E-state index contributed by atoms with van der Waals surface area (Å²) in [5.74, 6) is 0.0746. The highest BCUT2D eigenvalue weighted by Gasteiger charge is 2.20. The van der Waals surface area contributed by atoms with Crippen molar-refractivity contribution < 1.29 is 0 Å². The van der Waals surface area contributed by atoms with Crippen LogP contribution in [0.25, 0.3) is 0 Å². The van der Waals surface area contributed by atoms with Gasteiger partial charge in [-0.15, -0.1) is 0 Å². The monoisotopic (exact) mass is 186 g/mol. The van der Waals surface area contributed by atoms with E-state index in [0.29, 0.717) is 0 Å². The van der Waals surface area contributed by atoms with Gasteiger partial charge in [-0.1, -0.05) is 12.1 Å². The molecule has 1 unspecified atom stereocenters. The van der Waals surface area contributed by atoms with Crippen molar-refractivity contribution in [3.63, 3.8) is 0 Å². The standard InChI is InChI=1S/C12H14N2/c1-8-3-4-11-10(7-13)5-6-14-12(11)9(8)2/h3-4,10,14H,5-6H2,1-2H3. The molecule has 1 aliphatic heterocycles. The summed E-state index contributed by atoms with van der Waals surface area (Å²) in [6, 6.07) is 6.55. The molecular weight excluding hydrogens is 172 g/mol. The molecule has 0 saturated carbocycles. The van der Waals surface area contributed by atoms with Crippen LogP contribution in [-0.2, 0) is 0 Å². The lowest BCUT2D eigenvalue weighted by molar-refractivity contribution is 0.750. The van der Waals surface area contributed by atoms with E-state index in [9.17, 15) is 0 Å². The molecule has 1 aromatic carbocycles. The van der Waals surface area contributed by atoms with E-state index in [4.69, 9.17) is 5.26 Å². The number of anilines is 1. The van der Waals surface area contributed by atoms with Crippen molar-refractivity contribution in [2.75, 3.05) is 11.9 Å². The highest BCUT2D eigenvalue weighted by Crippen LogP contribution is 2.34. The quantitative estimate of drug-likeness (QED) is 0.676. The largest absolute Gasteiger partial charge is 0.385 e. The maximum Gasteiger partial charge on any atom is 0.0749 e. The van der Waals surface area contributed by atoms with Crippen LogP contribution in [0, 0.1) is 25.2 Å². The van der Waals surface area contributed by atoms with E-state index in [0.717, 1.165) is 13.0 Å². The average molecular weight is 186 g/mol. The minimum atomic E-state index is 0.0746. The topological polar surface area (TPSA) is 35.8 Å². The molecule has 0 aromatic heterocycles. The number of fused-ring (bicyclic) bond motifs is 1. The van der Waals surface area contributed by atoms with E-state index in [1.165, 1.54) is 22.4 Å². The minimum Gasteiger partial charge on any atom is -0.385 e. The molecule has 2 rings (SSSR count). The number of nitrogens with one attached hydrogen (secondary N) is 1. The van der Waals surface area contributed by atoms with Gasteiger partial charge in [0.05, 0.1) is 12.0 Å². The van der Waals surface area contributed by atoms with Crippen molar-refractivity contribution in [1.29, 1.82) is 5.26 Å². The third kappa shape index (κ3) is 1.26. The molecule has 0 aliphatic carbocycles. The van der Waals surface area contributed by atoms with Crippen LogP contribution in [0.3, 0.4) is 0 Å². The Morgan fingerprint density at radius 1 is 1.43 bits per heavy atom. The van der Waals surface area contributed by atoms with E-state index in [2.05, 4.69) is 37.4 Å². The molecule has 0 fully saturated rings. The molecule has 2 nitrogen and oxygen atoms in total. The fourth-order valence-electron chi connectivity index (χ4n) is 1.99. The molecule has 1 N–H and O–H groups in total. The second-order valence-corrected chi connectivity index (χ2v) is 3.87. The fourth-order valence-corrected chi connectivity index (χ4v) is 1.99. The van der Waals surface area contributed by atoms with Crippen LogP contribution < -0.4 is 5.32 Å². The summed E-state index contributed by atoms with van der Waals surface area (Å²) in [6.07, 6.45) is 0.923. The summed E-state index contributed by atoms with van der Waals surface area (Å²) >= 11 is 0. The van der Waals surface area contributed by atoms with Crippen LogP contribution >= 0.6 is 0 Å². The van der Waals surface area contributed by atoms with E-state index >= 15 is 0 Å². The first-order valence-electron chi connectivity index (χ1n) is 4.97. The Labute approximate surface area is 84.6 Å². The molecular formula is C12H14N2. The highest BCUT2D eigenvalue weighted by molar-refractivity contribution is 5.63. The molecule has 1 aromatic rings. The van der Waals surface area contributed by atoms with E-state index < -0.39 is 0 Å². The number of benzene rings is 1. The van der Waals surface area contributed by atoms with Gasteiger partial charge in [0, 0.05) is 12.2 Å². The van der Waals surface area contributed by atoms with E-state index in [-0.39, 0.29) is 5.92 Å². The molecule has 2 heteroatoms. The highest BCUT2D eigenvalue weighted by atomic mass is 14.9. The van der Waals surface area contributed by atoms with E-state index in [1.807, 2.05) is 0 Å². The van der Waals surface area contributed by atoms with E-state index in [1.54, 1.807) is 0 Å². The number of hydrogen-bond donors (Lipinski definition) is 1. The van der Waals surface area contributed by atoms with Gasteiger partial charge in [-0.25, -0.2) is 0 Å². The van der Waals surface area contributed by atoms with Gasteiger partial charge in [0.1, 0.15) is 0 Å². The summed E-state index contributed by atoms with van der Waals surface area (Å²) in [5, 5.41) is 12.4. The number of aryl methyl sites for hydroxylation is 1. The predicted octanol–water partition coefficient (Wildman–Crippen LogP) is 2.73. The zero-order valence-corrected chi connectivity index (χ0v) is 8.59. The third-order valence-electron chi connectivity index (χ3n) is 3.03. The second kappa shape index (κ2) is 3.34. The summed E-state index contributed by atoms with van der Waals surface area (Å²) < 4.78 is 0. The number of hydrogen-bond acceptors (Lipinski definition) is 2. The zero-order valence-electron chi connectivity index (χ0n) is 8.59. The van der Waals surface area contributed by atoms with Crippen molar-refractivity contribution >= 4 is 5.69 Å². The lowest BCUT2D eigenvalue weighted by atomic mass is 9.89. The molecule has 0 radical (unpaired) electrons. The Kier molecular flexibility index (Phi) is 2.17. The van der Waals surface area contributed by atoms with Crippen molar-refractivity contribution in [1.82, 2.24) is 0 Å². The molecule has 0 bridgehead atoms. The second-order valence-electron chi connectivity index (χ2n) is 3.87. The Balaban J connectivity index is 2.57. The van der Waals surface area contributed by atoms with Gasteiger partial charge in [-0.2, -0.15) is 5.26 Å². The SMILES string of the molecule is Cc1ccc2c(c1C)NCCC2C#N. The molecule has 14 heavy (non-hydrogen) atoms. The van der Waals surface area contributed by atoms with Crippen LogP contribution in [-0.4, -0.2) is 6.54 Å². The van der Waals surface area contributed by atoms with Crippen molar-refractivity contribution in [2.45, 2.75) is 26.2 Å². The lowest BCUT2D eigenvalue weighted by Gasteiger charge is -2.24. The number of nitriles is 1. The molecule has 0 amide bonds. The van der Waals surface area contributed by atoms with Crippen molar-refractivity contribution in [2.24, 2.45) is 0 Å². The van der Waals surface area contributed by atoms with Crippen LogP contribution in [0.5, 0.6) is 0 Å². The van der Waals surface area contributed by atoms with Gasteiger partial charge >= 0.3 is 0 Å². The average Bonchev–Trinajstić information content (AvgIpc) is 2.23. The first kappa shape index (κ1) is 9.08. The first-order valence-corrected chi connectivity index (χ1v) is 4.97. The maximum atomic E-state index is 9.02. The van der Waals surface area contributed by atoms with Crippen LogP contribution in [0.2, 0.25) is 0 Å². The predicted molar refractivity (Wildman–Crippen MR) is 57.4 cm³/mol. The van der Waals surface area contributed by atoms with Gasteiger partial charge in [0.15, 0.2) is 0 Å². The molecule has 0 saturated heterocycles. The molecule has 72 valence electrons. The van der Waals surface area contributed by atoms with Crippen molar-refractivity contribution in [3.8, 4) is 6.07 Å². The minimum absolute atomic E-state index is 0.0746. The Morgan fingerprint density at radius 3 is 2.93 bits per heavy atom. The number of rotatable bonds is 0. The normalized spacial score (nSPS) is 19.4. The summed E-state index contributed by atoms with van der Waals surface area (Å²) in [4.78, 5) is 0. The number of nitrogens with zero attached hydrogens (tertiary/aromatic N) is 1. The van der Waals surface area contributed by atoms with Crippen LogP contribution in [0.1, 0.15) is 29.0 Å². The maximum absolute atomic E-state index is 9.02. The fraction of sp³-hybridized carbons (Fsp3) is 0.417. The Morgan fingerprint density at radius 2 is 2.21 bits per heavy atom. The molecule has 1 aliphatic rings. The van der Waals surface area contributed by atoms with Gasteiger partial charge < -0.3 is 5.32 Å². The zero-order chi connectivity index (χ0) is 10.1. The Hall–Kier alpha value is -1.49. The van der Waals surface area contributed by atoms with Gasteiger partial charge in [-0.05, 0) is 37.0 Å². The first-order chi connectivity index (χ1) is 6.74. The van der Waals surface area contributed by atoms with Gasteiger partial charge in [0.2, 0.25) is 0 Å².